The largest absolute Gasteiger partial charge is 0.493 e. The second-order valence-electron chi connectivity index (χ2n) is 5.04. The van der Waals surface area contributed by atoms with Gasteiger partial charge in [0.15, 0.2) is 11.5 Å². The Kier molecular flexibility index (Phi) is 3.77. The Hall–Kier alpha value is -2.49. The molecule has 0 amide bonds. The number of methoxy groups -OCH3 is 1. The van der Waals surface area contributed by atoms with Crippen molar-refractivity contribution in [1.82, 2.24) is 4.98 Å². The van der Waals surface area contributed by atoms with Crippen LogP contribution in [0.3, 0.4) is 0 Å². The van der Waals surface area contributed by atoms with Crippen molar-refractivity contribution in [2.24, 2.45) is 0 Å². The summed E-state index contributed by atoms with van der Waals surface area (Å²) in [5.74, 6) is 2.10. The molecule has 2 aromatic rings. The molecular formula is C17H18N2O2. The van der Waals surface area contributed by atoms with Gasteiger partial charge in [0.1, 0.15) is 5.75 Å². The molecule has 0 bridgehead atoms. The van der Waals surface area contributed by atoms with E-state index in [4.69, 9.17) is 9.47 Å². The zero-order chi connectivity index (χ0) is 14.7. The maximum absolute atomic E-state index is 5.82. The van der Waals surface area contributed by atoms with E-state index in [2.05, 4.69) is 23.0 Å². The molecule has 1 aromatic carbocycles. The van der Waals surface area contributed by atoms with E-state index < -0.39 is 0 Å². The summed E-state index contributed by atoms with van der Waals surface area (Å²) in [4.78, 5) is 6.27. The fourth-order valence-electron chi connectivity index (χ4n) is 2.35. The van der Waals surface area contributed by atoms with Gasteiger partial charge in [-0.1, -0.05) is 5.57 Å². The van der Waals surface area contributed by atoms with E-state index in [1.807, 2.05) is 30.3 Å². The Bertz CT molecular complexity index is 653. The summed E-state index contributed by atoms with van der Waals surface area (Å²) in [5, 5.41) is 0. The van der Waals surface area contributed by atoms with Crippen LogP contribution in [0.25, 0.3) is 0 Å². The van der Waals surface area contributed by atoms with Crippen molar-refractivity contribution in [3.05, 3.63) is 54.5 Å². The minimum Gasteiger partial charge on any atom is -0.493 e. The zero-order valence-electron chi connectivity index (χ0n) is 12.2. The number of hydrogen-bond donors (Lipinski definition) is 0. The summed E-state index contributed by atoms with van der Waals surface area (Å²) in [7, 11) is 1.65. The van der Waals surface area contributed by atoms with Crippen molar-refractivity contribution >= 4 is 5.69 Å². The molecule has 2 heterocycles. The molecular weight excluding hydrogens is 264 g/mol. The van der Waals surface area contributed by atoms with Crippen LogP contribution in [0.2, 0.25) is 0 Å². The van der Waals surface area contributed by atoms with Gasteiger partial charge in [-0.25, -0.2) is 0 Å². The molecule has 21 heavy (non-hydrogen) atoms. The molecule has 0 N–H and O–H groups in total. The van der Waals surface area contributed by atoms with Crippen molar-refractivity contribution in [3.63, 3.8) is 0 Å². The summed E-state index contributed by atoms with van der Waals surface area (Å²) in [5.41, 5.74) is 2.51. The topological polar surface area (TPSA) is 34.6 Å². The van der Waals surface area contributed by atoms with Crippen LogP contribution < -0.4 is 14.4 Å². The average Bonchev–Trinajstić information content (AvgIpc) is 2.95. The van der Waals surface area contributed by atoms with E-state index >= 15 is 0 Å². The fourth-order valence-corrected chi connectivity index (χ4v) is 2.35. The van der Waals surface area contributed by atoms with Gasteiger partial charge in [-0.05, 0) is 37.6 Å². The van der Waals surface area contributed by atoms with Crippen LogP contribution in [0.1, 0.15) is 13.3 Å². The van der Waals surface area contributed by atoms with Crippen molar-refractivity contribution in [3.8, 4) is 17.2 Å². The van der Waals surface area contributed by atoms with Gasteiger partial charge in [-0.2, -0.15) is 0 Å². The zero-order valence-corrected chi connectivity index (χ0v) is 12.2. The van der Waals surface area contributed by atoms with Crippen molar-refractivity contribution < 1.29 is 9.47 Å². The first-order valence-corrected chi connectivity index (χ1v) is 6.96. The average molecular weight is 282 g/mol. The number of benzene rings is 1. The van der Waals surface area contributed by atoms with Gasteiger partial charge in [0.2, 0.25) is 0 Å². The van der Waals surface area contributed by atoms with E-state index in [-0.39, 0.29) is 0 Å². The number of pyridine rings is 1. The van der Waals surface area contributed by atoms with Crippen molar-refractivity contribution in [1.29, 1.82) is 0 Å². The van der Waals surface area contributed by atoms with Crippen molar-refractivity contribution in [2.45, 2.75) is 13.3 Å². The summed E-state index contributed by atoms with van der Waals surface area (Å²) < 4.78 is 11.3. The Morgan fingerprint density at radius 2 is 2.10 bits per heavy atom. The van der Waals surface area contributed by atoms with Gasteiger partial charge in [0.25, 0.3) is 0 Å². The highest BCUT2D eigenvalue weighted by molar-refractivity contribution is 5.59. The molecule has 3 rings (SSSR count). The summed E-state index contributed by atoms with van der Waals surface area (Å²) >= 11 is 0. The highest BCUT2D eigenvalue weighted by atomic mass is 16.5. The minimum atomic E-state index is 0.689. The van der Waals surface area contributed by atoms with Crippen LogP contribution in [-0.2, 0) is 0 Å². The highest BCUT2D eigenvalue weighted by Crippen LogP contribution is 2.35. The number of aromatic nitrogens is 1. The molecule has 1 aliphatic heterocycles. The van der Waals surface area contributed by atoms with Crippen LogP contribution in [-0.4, -0.2) is 18.6 Å². The first kappa shape index (κ1) is 13.5. The molecule has 4 heteroatoms. The van der Waals surface area contributed by atoms with Gasteiger partial charge in [-0.15, -0.1) is 0 Å². The summed E-state index contributed by atoms with van der Waals surface area (Å²) in [6.45, 7) is 3.16. The van der Waals surface area contributed by atoms with E-state index in [9.17, 15) is 0 Å². The second-order valence-corrected chi connectivity index (χ2v) is 5.04. The first-order chi connectivity index (χ1) is 10.3. The van der Waals surface area contributed by atoms with E-state index in [1.165, 1.54) is 5.57 Å². The lowest BCUT2D eigenvalue weighted by Crippen LogP contribution is -2.12. The highest BCUT2D eigenvalue weighted by Gasteiger charge is 2.14. The Balaban J connectivity index is 1.86. The lowest BCUT2D eigenvalue weighted by Gasteiger charge is -2.18. The summed E-state index contributed by atoms with van der Waals surface area (Å²) in [6, 6.07) is 9.69. The fraction of sp³-hybridized carbons (Fsp3) is 0.235. The number of ether oxygens (including phenoxy) is 2. The first-order valence-electron chi connectivity index (χ1n) is 6.96. The molecule has 1 aromatic heterocycles. The Labute approximate surface area is 124 Å². The third-order valence-corrected chi connectivity index (χ3v) is 3.46. The molecule has 0 spiro atoms. The van der Waals surface area contributed by atoms with E-state index in [0.717, 1.165) is 18.7 Å². The predicted molar refractivity (Wildman–Crippen MR) is 83.0 cm³/mol. The minimum absolute atomic E-state index is 0.689. The van der Waals surface area contributed by atoms with E-state index in [1.54, 1.807) is 19.5 Å². The van der Waals surface area contributed by atoms with Crippen LogP contribution in [0, 0.1) is 0 Å². The number of hydrogen-bond acceptors (Lipinski definition) is 4. The molecule has 1 aliphatic rings. The van der Waals surface area contributed by atoms with Gasteiger partial charge in [0.05, 0.1) is 13.3 Å². The van der Waals surface area contributed by atoms with Crippen LogP contribution in [0.15, 0.2) is 54.5 Å². The van der Waals surface area contributed by atoms with Gasteiger partial charge >= 0.3 is 0 Å². The van der Waals surface area contributed by atoms with Gasteiger partial charge in [0, 0.05) is 30.7 Å². The van der Waals surface area contributed by atoms with E-state index in [0.29, 0.717) is 17.2 Å². The maximum atomic E-state index is 5.82. The second kappa shape index (κ2) is 5.87. The number of anilines is 1. The predicted octanol–water partition coefficient (Wildman–Crippen LogP) is 4.00. The molecule has 0 atom stereocenters. The molecule has 108 valence electrons. The maximum Gasteiger partial charge on any atom is 0.169 e. The quantitative estimate of drug-likeness (QED) is 0.849. The smallest absolute Gasteiger partial charge is 0.169 e. The standard InChI is InChI=1S/C17H18N2O2/c1-13-7-9-19(12-13)14-5-6-16(17(10-14)20-2)21-15-4-3-8-18-11-15/h3-6,8,10-12H,7,9H2,1-2H3. The van der Waals surface area contributed by atoms with Crippen LogP contribution in [0.4, 0.5) is 5.69 Å². The normalized spacial score (nSPS) is 14.0. The monoisotopic (exact) mass is 282 g/mol. The summed E-state index contributed by atoms with van der Waals surface area (Å²) in [6.07, 6.45) is 6.68. The number of nitrogens with zero attached hydrogens (tertiary/aromatic N) is 2. The lowest BCUT2D eigenvalue weighted by molar-refractivity contribution is 0.378. The molecule has 0 saturated carbocycles. The molecule has 0 unspecified atom stereocenters. The van der Waals surface area contributed by atoms with Crippen LogP contribution in [0.5, 0.6) is 17.2 Å². The van der Waals surface area contributed by atoms with Crippen LogP contribution >= 0.6 is 0 Å². The van der Waals surface area contributed by atoms with Gasteiger partial charge < -0.3 is 14.4 Å². The van der Waals surface area contributed by atoms with Crippen molar-refractivity contribution in [2.75, 3.05) is 18.6 Å². The Morgan fingerprint density at radius 1 is 1.19 bits per heavy atom. The molecule has 4 nitrogen and oxygen atoms in total. The third kappa shape index (κ3) is 2.99. The Morgan fingerprint density at radius 3 is 2.76 bits per heavy atom. The molecule has 0 radical (unpaired) electrons. The molecule has 0 saturated heterocycles. The van der Waals surface area contributed by atoms with Gasteiger partial charge in [-0.3, -0.25) is 4.98 Å². The third-order valence-electron chi connectivity index (χ3n) is 3.46. The molecule has 0 aliphatic carbocycles. The SMILES string of the molecule is COc1cc(N2C=C(C)CC2)ccc1Oc1cccnc1. The lowest BCUT2D eigenvalue weighted by atomic mass is 10.2. The molecule has 0 fully saturated rings. The number of rotatable bonds is 4.